The number of H-pyrrole nitrogens is 1. The van der Waals surface area contributed by atoms with Gasteiger partial charge >= 0.3 is 0 Å². The molecule has 2 aliphatic heterocycles. The molecule has 1 aromatic heterocycles. The molecule has 0 spiro atoms. The van der Waals surface area contributed by atoms with E-state index < -0.39 is 6.23 Å². The number of nitrogens with one attached hydrogen (secondary N) is 1. The highest BCUT2D eigenvalue weighted by molar-refractivity contribution is 5.80. The van der Waals surface area contributed by atoms with Gasteiger partial charge in [-0.25, -0.2) is 4.98 Å². The minimum absolute atomic E-state index is 0.00553. The number of imidazole rings is 1. The third-order valence-electron chi connectivity index (χ3n) is 5.85. The largest absolute Gasteiger partial charge is 0.372 e. The van der Waals surface area contributed by atoms with Crippen molar-refractivity contribution < 1.29 is 9.53 Å². The van der Waals surface area contributed by atoms with Crippen molar-refractivity contribution in [3.63, 3.8) is 0 Å². The first-order valence-electron chi connectivity index (χ1n) is 9.97. The lowest BCUT2D eigenvalue weighted by Gasteiger charge is -2.30. The Kier molecular flexibility index (Phi) is 4.49. The van der Waals surface area contributed by atoms with Crippen LogP contribution in [0.25, 0.3) is 11.0 Å². The van der Waals surface area contributed by atoms with Crippen LogP contribution in [0.4, 0.5) is 11.4 Å². The van der Waals surface area contributed by atoms with Gasteiger partial charge in [0.15, 0.2) is 12.5 Å². The van der Waals surface area contributed by atoms with Gasteiger partial charge < -0.3 is 19.5 Å². The van der Waals surface area contributed by atoms with Gasteiger partial charge in [-0.2, -0.15) is 0 Å². The normalized spacial score (nSPS) is 22.7. The zero-order chi connectivity index (χ0) is 18.9. The van der Waals surface area contributed by atoms with Crippen molar-refractivity contribution in [1.29, 1.82) is 0 Å². The van der Waals surface area contributed by atoms with Gasteiger partial charge in [0, 0.05) is 24.5 Å². The molecule has 1 N–H and O–H groups in total. The molecule has 144 valence electrons. The fraction of sp³-hybridized carbons (Fsp3) is 0.364. The molecule has 2 aliphatic rings. The molecule has 2 saturated heterocycles. The number of piperidine rings is 1. The van der Waals surface area contributed by atoms with Gasteiger partial charge in [-0.3, -0.25) is 4.79 Å². The van der Waals surface area contributed by atoms with Crippen LogP contribution < -0.4 is 9.80 Å². The molecular formula is C22H24N4O2. The number of nitrogens with zero attached hydrogens (tertiary/aromatic N) is 3. The van der Waals surface area contributed by atoms with Crippen LogP contribution in [0.1, 0.15) is 30.9 Å². The second-order valence-corrected chi connectivity index (χ2v) is 7.53. The third-order valence-corrected chi connectivity index (χ3v) is 5.85. The summed E-state index contributed by atoms with van der Waals surface area (Å²) in [5.74, 6) is 0. The average Bonchev–Trinajstić information content (AvgIpc) is 3.40. The Morgan fingerprint density at radius 1 is 1.04 bits per heavy atom. The number of aromatic nitrogens is 2. The lowest BCUT2D eigenvalue weighted by molar-refractivity contribution is -0.115. The number of hydrogen-bond donors (Lipinski definition) is 1. The monoisotopic (exact) mass is 376 g/mol. The van der Waals surface area contributed by atoms with E-state index in [0.717, 1.165) is 41.7 Å². The number of fused-ring (bicyclic) bond motifs is 1. The van der Waals surface area contributed by atoms with Crippen molar-refractivity contribution in [2.75, 3.05) is 29.5 Å². The third kappa shape index (κ3) is 3.03. The van der Waals surface area contributed by atoms with Gasteiger partial charge in [0.2, 0.25) is 0 Å². The second kappa shape index (κ2) is 7.28. The summed E-state index contributed by atoms with van der Waals surface area (Å²) in [7, 11) is 0. The minimum Gasteiger partial charge on any atom is -0.372 e. The van der Waals surface area contributed by atoms with E-state index in [2.05, 4.69) is 44.0 Å². The number of rotatable bonds is 4. The summed E-state index contributed by atoms with van der Waals surface area (Å²) in [6.45, 7) is 2.76. The summed E-state index contributed by atoms with van der Waals surface area (Å²) in [6.07, 6.45) is 5.84. The molecule has 28 heavy (non-hydrogen) atoms. The SMILES string of the molecule is O=CC1OCC(c2ccc(N3CCCCC3)cc2)N1c1ccc2nc[nH]c2c1. The van der Waals surface area contributed by atoms with Crippen molar-refractivity contribution in [2.45, 2.75) is 31.5 Å². The van der Waals surface area contributed by atoms with E-state index in [1.165, 1.54) is 24.9 Å². The van der Waals surface area contributed by atoms with Gasteiger partial charge in [-0.1, -0.05) is 12.1 Å². The number of carbonyl (C=O) groups is 1. The molecular weight excluding hydrogens is 352 g/mol. The number of ether oxygens (including phenoxy) is 1. The van der Waals surface area contributed by atoms with Crippen LogP contribution in [-0.4, -0.2) is 42.2 Å². The zero-order valence-electron chi connectivity index (χ0n) is 15.8. The Hall–Kier alpha value is -2.86. The van der Waals surface area contributed by atoms with Gasteiger partial charge in [0.25, 0.3) is 0 Å². The Balaban J connectivity index is 1.44. The first-order valence-corrected chi connectivity index (χ1v) is 9.97. The Morgan fingerprint density at radius 3 is 2.61 bits per heavy atom. The van der Waals surface area contributed by atoms with Crippen molar-refractivity contribution in [3.05, 3.63) is 54.4 Å². The standard InChI is InChI=1S/C22H24N4O2/c27-13-22-26(18-8-9-19-20(12-18)24-15-23-19)21(14-28-22)16-4-6-17(7-5-16)25-10-2-1-3-11-25/h4-9,12-13,15,21-22H,1-3,10-11,14H2,(H,23,24). The Labute approximate surface area is 164 Å². The number of aldehydes is 1. The van der Waals surface area contributed by atoms with Crippen LogP contribution in [0, 0.1) is 0 Å². The molecule has 3 aromatic rings. The van der Waals surface area contributed by atoms with E-state index in [-0.39, 0.29) is 6.04 Å². The second-order valence-electron chi connectivity index (χ2n) is 7.53. The fourth-order valence-electron chi connectivity index (χ4n) is 4.36. The first-order chi connectivity index (χ1) is 13.8. The number of anilines is 2. The quantitative estimate of drug-likeness (QED) is 0.704. The molecule has 0 aliphatic carbocycles. The van der Waals surface area contributed by atoms with Crippen LogP contribution >= 0.6 is 0 Å². The minimum atomic E-state index is -0.577. The number of aromatic amines is 1. The topological polar surface area (TPSA) is 61.5 Å². The summed E-state index contributed by atoms with van der Waals surface area (Å²) < 4.78 is 5.80. The predicted molar refractivity (Wildman–Crippen MR) is 110 cm³/mol. The van der Waals surface area contributed by atoms with E-state index in [1.54, 1.807) is 6.33 Å². The zero-order valence-corrected chi connectivity index (χ0v) is 15.8. The number of benzene rings is 2. The Morgan fingerprint density at radius 2 is 1.82 bits per heavy atom. The molecule has 2 aromatic carbocycles. The lowest BCUT2D eigenvalue weighted by atomic mass is 10.0. The van der Waals surface area contributed by atoms with Gasteiger partial charge in [-0.05, 0) is 55.2 Å². The molecule has 6 nitrogen and oxygen atoms in total. The molecule has 0 saturated carbocycles. The van der Waals surface area contributed by atoms with Crippen molar-refractivity contribution in [1.82, 2.24) is 9.97 Å². The summed E-state index contributed by atoms with van der Waals surface area (Å²) in [4.78, 5) is 23.6. The highest BCUT2D eigenvalue weighted by atomic mass is 16.5. The average molecular weight is 376 g/mol. The molecule has 2 fully saturated rings. The van der Waals surface area contributed by atoms with Crippen molar-refractivity contribution >= 4 is 28.7 Å². The van der Waals surface area contributed by atoms with E-state index >= 15 is 0 Å². The molecule has 3 heterocycles. The molecule has 0 amide bonds. The summed E-state index contributed by atoms with van der Waals surface area (Å²) >= 11 is 0. The van der Waals surface area contributed by atoms with E-state index in [4.69, 9.17) is 4.74 Å². The summed E-state index contributed by atoms with van der Waals surface area (Å²) in [5.41, 5.74) is 5.26. The molecule has 2 atom stereocenters. The van der Waals surface area contributed by atoms with Crippen LogP contribution in [0.5, 0.6) is 0 Å². The fourth-order valence-corrected chi connectivity index (χ4v) is 4.36. The molecule has 6 heteroatoms. The maximum Gasteiger partial charge on any atom is 0.187 e. The van der Waals surface area contributed by atoms with Crippen LogP contribution in [0.2, 0.25) is 0 Å². The van der Waals surface area contributed by atoms with Crippen LogP contribution in [0.3, 0.4) is 0 Å². The van der Waals surface area contributed by atoms with E-state index in [0.29, 0.717) is 6.61 Å². The van der Waals surface area contributed by atoms with Gasteiger partial charge in [-0.15, -0.1) is 0 Å². The molecule has 0 bridgehead atoms. The van der Waals surface area contributed by atoms with Crippen molar-refractivity contribution in [3.8, 4) is 0 Å². The highest BCUT2D eigenvalue weighted by Gasteiger charge is 2.35. The van der Waals surface area contributed by atoms with Gasteiger partial charge in [0.05, 0.1) is 30.0 Å². The highest BCUT2D eigenvalue weighted by Crippen LogP contribution is 2.36. The summed E-state index contributed by atoms with van der Waals surface area (Å²) in [5, 5.41) is 0. The van der Waals surface area contributed by atoms with Crippen molar-refractivity contribution in [2.24, 2.45) is 0 Å². The first kappa shape index (κ1) is 17.3. The van der Waals surface area contributed by atoms with Crippen LogP contribution in [0.15, 0.2) is 48.8 Å². The smallest absolute Gasteiger partial charge is 0.187 e. The number of hydrogen-bond acceptors (Lipinski definition) is 5. The molecule has 5 rings (SSSR count). The number of carbonyl (C=O) groups excluding carboxylic acids is 1. The van der Waals surface area contributed by atoms with E-state index in [1.807, 2.05) is 18.2 Å². The van der Waals surface area contributed by atoms with E-state index in [9.17, 15) is 4.79 Å². The van der Waals surface area contributed by atoms with Gasteiger partial charge in [0.1, 0.15) is 0 Å². The predicted octanol–water partition coefficient (Wildman–Crippen LogP) is 3.66. The molecule has 2 unspecified atom stereocenters. The molecule has 0 radical (unpaired) electrons. The summed E-state index contributed by atoms with van der Waals surface area (Å²) in [6, 6.07) is 14.8. The van der Waals surface area contributed by atoms with Crippen LogP contribution in [-0.2, 0) is 9.53 Å². The maximum atomic E-state index is 11.6. The lowest BCUT2D eigenvalue weighted by Crippen LogP contribution is -2.33. The maximum absolute atomic E-state index is 11.6. The Bertz CT molecular complexity index is 962.